The maximum Gasteiger partial charge on any atom is 0.101 e. The Hall–Kier alpha value is -1.15. The lowest BCUT2D eigenvalue weighted by molar-refractivity contribution is 1.20. The van der Waals surface area contributed by atoms with E-state index in [1.165, 1.54) is 11.1 Å². The molecule has 0 amide bonds. The average molecular weight is 205 g/mol. The van der Waals surface area contributed by atoms with Crippen molar-refractivity contribution in [2.45, 2.75) is 13.8 Å². The minimum Gasteiger partial charge on any atom is -0.379 e. The van der Waals surface area contributed by atoms with Crippen molar-refractivity contribution in [3.63, 3.8) is 0 Å². The van der Waals surface area contributed by atoms with Gasteiger partial charge >= 0.3 is 0 Å². The molecule has 1 rings (SSSR count). The lowest BCUT2D eigenvalue weighted by atomic mass is 10.1. The van der Waals surface area contributed by atoms with Crippen LogP contribution in [-0.2, 0) is 0 Å². The molecule has 0 aromatic heterocycles. The van der Waals surface area contributed by atoms with Crippen LogP contribution in [0.25, 0.3) is 6.08 Å². The normalized spacial score (nSPS) is 11.2. The van der Waals surface area contributed by atoms with Crippen molar-refractivity contribution in [3.05, 3.63) is 41.0 Å². The predicted octanol–water partition coefficient (Wildman–Crippen LogP) is 2.95. The number of benzene rings is 1. The van der Waals surface area contributed by atoms with Crippen LogP contribution < -0.4 is 5.32 Å². The highest BCUT2D eigenvalue weighted by Gasteiger charge is 1.95. The van der Waals surface area contributed by atoms with Crippen LogP contribution in [0, 0.1) is 6.92 Å². The Morgan fingerprint density at radius 1 is 1.29 bits per heavy atom. The molecule has 0 aliphatic heterocycles. The highest BCUT2D eigenvalue weighted by molar-refractivity contribution is 7.80. The van der Waals surface area contributed by atoms with E-state index in [0.717, 1.165) is 10.6 Å². The maximum absolute atomic E-state index is 5.12. The first kappa shape index (κ1) is 10.9. The summed E-state index contributed by atoms with van der Waals surface area (Å²) in [7, 11) is 1.84. The zero-order valence-corrected chi connectivity index (χ0v) is 9.61. The first-order valence-electron chi connectivity index (χ1n) is 4.60. The van der Waals surface area contributed by atoms with E-state index in [1.54, 1.807) is 0 Å². The van der Waals surface area contributed by atoms with E-state index >= 15 is 0 Å². The molecule has 14 heavy (non-hydrogen) atoms. The van der Waals surface area contributed by atoms with Crippen LogP contribution >= 0.6 is 12.2 Å². The zero-order valence-electron chi connectivity index (χ0n) is 8.79. The minimum atomic E-state index is 0.797. The lowest BCUT2D eigenvalue weighted by Crippen LogP contribution is -2.15. The second kappa shape index (κ2) is 4.91. The molecular weight excluding hydrogens is 190 g/mol. The second-order valence-corrected chi connectivity index (χ2v) is 3.73. The molecule has 0 aliphatic rings. The Kier molecular flexibility index (Phi) is 3.84. The Morgan fingerprint density at radius 2 is 1.86 bits per heavy atom. The van der Waals surface area contributed by atoms with Gasteiger partial charge in [0.15, 0.2) is 0 Å². The summed E-state index contributed by atoms with van der Waals surface area (Å²) in [6, 6.07) is 8.39. The largest absolute Gasteiger partial charge is 0.379 e. The molecule has 0 atom stereocenters. The molecule has 1 nitrogen and oxygen atoms in total. The van der Waals surface area contributed by atoms with Gasteiger partial charge in [0.1, 0.15) is 4.99 Å². The molecule has 2 heteroatoms. The van der Waals surface area contributed by atoms with Crippen LogP contribution in [0.15, 0.2) is 29.8 Å². The SMILES string of the molecule is CNC(=S)/C(C)=C/c1ccc(C)cc1. The van der Waals surface area contributed by atoms with Crippen molar-refractivity contribution in [1.82, 2.24) is 5.32 Å². The molecule has 0 radical (unpaired) electrons. The standard InChI is InChI=1S/C12H15NS/c1-9-4-6-11(7-5-9)8-10(2)12(14)13-3/h4-8H,1-3H3,(H,13,14)/b10-8+. The van der Waals surface area contributed by atoms with Gasteiger partial charge in [-0.25, -0.2) is 0 Å². The average Bonchev–Trinajstić information content (AvgIpc) is 2.20. The van der Waals surface area contributed by atoms with Crippen LogP contribution in [0.1, 0.15) is 18.1 Å². The predicted molar refractivity (Wildman–Crippen MR) is 66.5 cm³/mol. The summed E-state index contributed by atoms with van der Waals surface area (Å²) in [5, 5.41) is 2.96. The maximum atomic E-state index is 5.12. The molecule has 74 valence electrons. The third-order valence-corrected chi connectivity index (χ3v) is 2.57. The van der Waals surface area contributed by atoms with Gasteiger partial charge in [0.2, 0.25) is 0 Å². The number of thiocarbonyl (C=S) groups is 1. The van der Waals surface area contributed by atoms with Crippen LogP contribution in [0.2, 0.25) is 0 Å². The number of rotatable bonds is 2. The topological polar surface area (TPSA) is 12.0 Å². The van der Waals surface area contributed by atoms with Crippen molar-refractivity contribution in [1.29, 1.82) is 0 Å². The lowest BCUT2D eigenvalue weighted by Gasteiger charge is -2.02. The Bertz CT molecular complexity index is 349. The van der Waals surface area contributed by atoms with Gasteiger partial charge in [-0.15, -0.1) is 0 Å². The van der Waals surface area contributed by atoms with E-state index < -0.39 is 0 Å². The van der Waals surface area contributed by atoms with Gasteiger partial charge in [-0.3, -0.25) is 0 Å². The minimum absolute atomic E-state index is 0.797. The van der Waals surface area contributed by atoms with Gasteiger partial charge in [0, 0.05) is 7.05 Å². The van der Waals surface area contributed by atoms with E-state index in [9.17, 15) is 0 Å². The molecule has 0 unspecified atom stereocenters. The first-order valence-corrected chi connectivity index (χ1v) is 5.01. The Labute approximate surface area is 90.8 Å². The van der Waals surface area contributed by atoms with Gasteiger partial charge in [0.05, 0.1) is 0 Å². The number of nitrogens with one attached hydrogen (secondary N) is 1. The quantitative estimate of drug-likeness (QED) is 0.588. The summed E-state index contributed by atoms with van der Waals surface area (Å²) in [4.78, 5) is 0.797. The number of likely N-dealkylation sites (N-methyl/N-ethyl adjacent to an activating group) is 1. The molecule has 1 N–H and O–H groups in total. The van der Waals surface area contributed by atoms with Crippen LogP contribution in [0.5, 0.6) is 0 Å². The van der Waals surface area contributed by atoms with Gasteiger partial charge in [-0.1, -0.05) is 42.0 Å². The molecule has 0 fully saturated rings. The third-order valence-electron chi connectivity index (χ3n) is 2.05. The third kappa shape index (κ3) is 2.96. The fourth-order valence-corrected chi connectivity index (χ4v) is 1.23. The molecule has 0 saturated carbocycles. The molecule has 0 bridgehead atoms. The van der Waals surface area contributed by atoms with Crippen molar-refractivity contribution in [2.24, 2.45) is 0 Å². The molecule has 1 aromatic carbocycles. The van der Waals surface area contributed by atoms with Gasteiger partial charge < -0.3 is 5.32 Å². The number of hydrogen-bond donors (Lipinski definition) is 1. The Balaban J connectivity index is 2.86. The number of aryl methyl sites for hydroxylation is 1. The van der Waals surface area contributed by atoms with E-state index in [0.29, 0.717) is 0 Å². The van der Waals surface area contributed by atoms with Gasteiger partial charge in [-0.2, -0.15) is 0 Å². The van der Waals surface area contributed by atoms with Gasteiger partial charge in [-0.05, 0) is 31.1 Å². The van der Waals surface area contributed by atoms with E-state index in [4.69, 9.17) is 12.2 Å². The summed E-state index contributed by atoms with van der Waals surface area (Å²) < 4.78 is 0. The Morgan fingerprint density at radius 3 is 2.36 bits per heavy atom. The van der Waals surface area contributed by atoms with Crippen LogP contribution in [-0.4, -0.2) is 12.0 Å². The fraction of sp³-hybridized carbons (Fsp3) is 0.250. The molecule has 0 spiro atoms. The molecular formula is C12H15NS. The smallest absolute Gasteiger partial charge is 0.101 e. The number of hydrogen-bond acceptors (Lipinski definition) is 1. The van der Waals surface area contributed by atoms with Crippen LogP contribution in [0.3, 0.4) is 0 Å². The molecule has 1 aromatic rings. The van der Waals surface area contributed by atoms with Crippen molar-refractivity contribution >= 4 is 23.3 Å². The van der Waals surface area contributed by atoms with Gasteiger partial charge in [0.25, 0.3) is 0 Å². The van der Waals surface area contributed by atoms with Crippen LogP contribution in [0.4, 0.5) is 0 Å². The summed E-state index contributed by atoms with van der Waals surface area (Å²) in [6.07, 6.45) is 2.08. The fourth-order valence-electron chi connectivity index (χ4n) is 1.18. The summed E-state index contributed by atoms with van der Waals surface area (Å²) in [6.45, 7) is 4.09. The van der Waals surface area contributed by atoms with E-state index in [-0.39, 0.29) is 0 Å². The zero-order chi connectivity index (χ0) is 10.6. The van der Waals surface area contributed by atoms with Crippen molar-refractivity contribution < 1.29 is 0 Å². The monoisotopic (exact) mass is 205 g/mol. The highest BCUT2D eigenvalue weighted by atomic mass is 32.1. The molecule has 0 aliphatic carbocycles. The summed E-state index contributed by atoms with van der Waals surface area (Å²) >= 11 is 5.12. The molecule has 0 heterocycles. The second-order valence-electron chi connectivity index (χ2n) is 3.32. The highest BCUT2D eigenvalue weighted by Crippen LogP contribution is 2.08. The van der Waals surface area contributed by atoms with E-state index in [1.807, 2.05) is 14.0 Å². The summed E-state index contributed by atoms with van der Waals surface area (Å²) in [5.74, 6) is 0. The van der Waals surface area contributed by atoms with E-state index in [2.05, 4.69) is 42.6 Å². The van der Waals surface area contributed by atoms with Crippen molar-refractivity contribution in [2.75, 3.05) is 7.05 Å². The molecule has 0 saturated heterocycles. The first-order chi connectivity index (χ1) is 6.63. The van der Waals surface area contributed by atoms with Crippen molar-refractivity contribution in [3.8, 4) is 0 Å². The summed E-state index contributed by atoms with van der Waals surface area (Å²) in [5.41, 5.74) is 3.55.